The average Bonchev–Trinajstić information content (AvgIpc) is 3.41. The molecule has 1 N–H and O–H groups in total. The highest BCUT2D eigenvalue weighted by molar-refractivity contribution is 7.98. The maximum Gasteiger partial charge on any atom is 0.268 e. The molecular formula is C19H15ClN4O4S3. The molecule has 8 nitrogen and oxygen atoms in total. The summed E-state index contributed by atoms with van der Waals surface area (Å²) < 4.78 is 29.1. The molecule has 1 amide bonds. The van der Waals surface area contributed by atoms with Gasteiger partial charge in [-0.05, 0) is 29.8 Å². The predicted octanol–water partition coefficient (Wildman–Crippen LogP) is 4.42. The topological polar surface area (TPSA) is 126 Å². The number of furan rings is 1. The first-order chi connectivity index (χ1) is 14.8. The number of thioether (sulfide) groups is 1. The molecule has 0 spiro atoms. The summed E-state index contributed by atoms with van der Waals surface area (Å²) >= 11 is 8.05. The molecule has 0 saturated heterocycles. The first-order valence-corrected chi connectivity index (χ1v) is 12.6. The van der Waals surface area contributed by atoms with E-state index in [2.05, 4.69) is 15.5 Å². The van der Waals surface area contributed by atoms with Crippen LogP contribution in [0.1, 0.15) is 18.2 Å². The highest BCUT2D eigenvalue weighted by Crippen LogP contribution is 2.27. The molecule has 1 aromatic carbocycles. The largest absolute Gasteiger partial charge is 0.450 e. The van der Waals surface area contributed by atoms with Crippen molar-refractivity contribution in [2.24, 2.45) is 0 Å². The molecule has 0 atom stereocenters. The van der Waals surface area contributed by atoms with Crippen LogP contribution in [0.2, 0.25) is 5.02 Å². The van der Waals surface area contributed by atoms with Crippen LogP contribution in [0.25, 0.3) is 6.08 Å². The summed E-state index contributed by atoms with van der Waals surface area (Å²) in [6.45, 7) is 1.48. The average molecular weight is 495 g/mol. The summed E-state index contributed by atoms with van der Waals surface area (Å²) in [4.78, 5) is 12.4. The Balaban J connectivity index is 1.65. The van der Waals surface area contributed by atoms with Crippen molar-refractivity contribution < 1.29 is 17.6 Å². The van der Waals surface area contributed by atoms with Gasteiger partial charge in [0.2, 0.25) is 19.3 Å². The van der Waals surface area contributed by atoms with E-state index in [1.807, 2.05) is 24.3 Å². The molecule has 0 aliphatic heterocycles. The van der Waals surface area contributed by atoms with Crippen LogP contribution in [0, 0.1) is 11.3 Å². The van der Waals surface area contributed by atoms with Crippen LogP contribution in [-0.4, -0.2) is 30.3 Å². The molecule has 2 aromatic heterocycles. The van der Waals surface area contributed by atoms with Gasteiger partial charge in [-0.15, -0.1) is 10.2 Å². The van der Waals surface area contributed by atoms with E-state index in [9.17, 15) is 18.5 Å². The molecule has 0 unspecified atom stereocenters. The van der Waals surface area contributed by atoms with Gasteiger partial charge in [-0.3, -0.25) is 10.1 Å². The van der Waals surface area contributed by atoms with Crippen molar-refractivity contribution in [2.45, 2.75) is 22.1 Å². The van der Waals surface area contributed by atoms with Crippen molar-refractivity contribution in [3.63, 3.8) is 0 Å². The van der Waals surface area contributed by atoms with E-state index in [-0.39, 0.29) is 20.8 Å². The van der Waals surface area contributed by atoms with E-state index < -0.39 is 15.7 Å². The predicted molar refractivity (Wildman–Crippen MR) is 120 cm³/mol. The minimum absolute atomic E-state index is 0.0168. The lowest BCUT2D eigenvalue weighted by Crippen LogP contribution is -2.13. The van der Waals surface area contributed by atoms with Gasteiger partial charge in [0, 0.05) is 16.9 Å². The van der Waals surface area contributed by atoms with Gasteiger partial charge in [0.15, 0.2) is 5.09 Å². The number of anilines is 1. The second-order valence-corrected chi connectivity index (χ2v) is 10.8. The molecule has 12 heteroatoms. The Labute approximate surface area is 191 Å². The van der Waals surface area contributed by atoms with E-state index in [4.69, 9.17) is 16.0 Å². The van der Waals surface area contributed by atoms with Crippen molar-refractivity contribution >= 4 is 61.7 Å². The maximum absolute atomic E-state index is 12.4. The lowest BCUT2D eigenvalue weighted by molar-refractivity contribution is -0.112. The molecule has 0 aliphatic rings. The van der Waals surface area contributed by atoms with Crippen LogP contribution < -0.4 is 5.32 Å². The zero-order valence-electron chi connectivity index (χ0n) is 16.0. The second-order valence-electron chi connectivity index (χ2n) is 5.97. The van der Waals surface area contributed by atoms with Gasteiger partial charge >= 0.3 is 0 Å². The van der Waals surface area contributed by atoms with Gasteiger partial charge in [0.1, 0.15) is 17.4 Å². The number of carbonyl (C=O) groups is 1. The number of rotatable bonds is 8. The Bertz CT molecular complexity index is 1260. The summed E-state index contributed by atoms with van der Waals surface area (Å²) in [5, 5.41) is 20.2. The molecule has 0 bridgehead atoms. The zero-order valence-corrected chi connectivity index (χ0v) is 19.2. The monoisotopic (exact) mass is 494 g/mol. The standard InChI is InChI=1S/C19H15ClN4O4S3/c1-2-31(26,27)19-24-23-18(30-19)22-17(25)13(10-21)9-15-7-8-16(28-15)29-11-12-3-5-14(20)6-4-12/h3-9H,2,11H2,1H3,(H,22,23,25)/b13-9-. The smallest absolute Gasteiger partial charge is 0.268 e. The number of hydrogen-bond acceptors (Lipinski definition) is 9. The number of aromatic nitrogens is 2. The number of hydrogen-bond donors (Lipinski definition) is 1. The number of nitrogens with one attached hydrogen (secondary N) is 1. The van der Waals surface area contributed by atoms with Crippen LogP contribution in [0.15, 0.2) is 55.8 Å². The minimum Gasteiger partial charge on any atom is -0.450 e. The van der Waals surface area contributed by atoms with E-state index >= 15 is 0 Å². The van der Waals surface area contributed by atoms with E-state index in [1.54, 1.807) is 18.2 Å². The molecule has 0 radical (unpaired) electrons. The summed E-state index contributed by atoms with van der Waals surface area (Å²) in [7, 11) is -3.52. The van der Waals surface area contributed by atoms with Crippen LogP contribution >= 0.6 is 34.7 Å². The number of nitrogens with zero attached hydrogens (tertiary/aromatic N) is 3. The summed E-state index contributed by atoms with van der Waals surface area (Å²) in [5.74, 6) is 0.123. The van der Waals surface area contributed by atoms with Crippen molar-refractivity contribution in [1.29, 1.82) is 5.26 Å². The molecule has 3 aromatic rings. The molecule has 31 heavy (non-hydrogen) atoms. The van der Waals surface area contributed by atoms with E-state index in [0.717, 1.165) is 16.9 Å². The third kappa shape index (κ3) is 6.18. The number of carbonyl (C=O) groups excluding carboxylic acids is 1. The highest BCUT2D eigenvalue weighted by Gasteiger charge is 2.20. The Kier molecular flexibility index (Phi) is 7.50. The Morgan fingerprint density at radius 2 is 2.03 bits per heavy atom. The van der Waals surface area contributed by atoms with Gasteiger partial charge in [-0.25, -0.2) is 8.42 Å². The highest BCUT2D eigenvalue weighted by atomic mass is 35.5. The summed E-state index contributed by atoms with van der Waals surface area (Å²) in [5.41, 5.74) is 0.847. The fourth-order valence-corrected chi connectivity index (χ4v) is 5.12. The lowest BCUT2D eigenvalue weighted by atomic mass is 10.2. The third-order valence-electron chi connectivity index (χ3n) is 3.82. The minimum atomic E-state index is -3.52. The SMILES string of the molecule is CCS(=O)(=O)c1nnc(NC(=O)/C(C#N)=C\c2ccc(SCc3ccc(Cl)cc3)o2)s1. The number of halogens is 1. The fourth-order valence-electron chi connectivity index (χ4n) is 2.19. The second kappa shape index (κ2) is 10.1. The van der Waals surface area contributed by atoms with Crippen LogP contribution in [0.4, 0.5) is 5.13 Å². The molecular weight excluding hydrogens is 480 g/mol. The first-order valence-electron chi connectivity index (χ1n) is 8.77. The third-order valence-corrected chi connectivity index (χ3v) is 8.07. The van der Waals surface area contributed by atoms with Gasteiger partial charge in [0.25, 0.3) is 5.91 Å². The van der Waals surface area contributed by atoms with Gasteiger partial charge in [0.05, 0.1) is 5.75 Å². The molecule has 3 rings (SSSR count). The normalized spacial score (nSPS) is 11.8. The number of nitriles is 1. The lowest BCUT2D eigenvalue weighted by Gasteiger charge is -2.00. The van der Waals surface area contributed by atoms with Gasteiger partial charge in [-0.1, -0.05) is 53.8 Å². The van der Waals surface area contributed by atoms with Crippen LogP contribution in [0.5, 0.6) is 0 Å². The number of benzene rings is 1. The fraction of sp³-hybridized carbons (Fsp3) is 0.158. The van der Waals surface area contributed by atoms with Crippen molar-refractivity contribution in [3.05, 3.63) is 58.3 Å². The van der Waals surface area contributed by atoms with E-state index in [0.29, 0.717) is 21.6 Å². The maximum atomic E-state index is 12.4. The Hall–Kier alpha value is -2.65. The van der Waals surface area contributed by atoms with Crippen molar-refractivity contribution in [2.75, 3.05) is 11.1 Å². The quantitative estimate of drug-likeness (QED) is 0.211. The molecule has 160 valence electrons. The molecule has 0 saturated carbocycles. The zero-order chi connectivity index (χ0) is 22.4. The van der Waals surface area contributed by atoms with E-state index in [1.165, 1.54) is 24.8 Å². The summed E-state index contributed by atoms with van der Waals surface area (Å²) in [6.07, 6.45) is 1.30. The van der Waals surface area contributed by atoms with Crippen LogP contribution in [0.3, 0.4) is 0 Å². The summed E-state index contributed by atoms with van der Waals surface area (Å²) in [6, 6.07) is 12.6. The Morgan fingerprint density at radius 1 is 1.29 bits per heavy atom. The number of sulfone groups is 1. The Morgan fingerprint density at radius 3 is 2.71 bits per heavy atom. The van der Waals surface area contributed by atoms with Crippen molar-refractivity contribution in [1.82, 2.24) is 10.2 Å². The van der Waals surface area contributed by atoms with Gasteiger partial charge < -0.3 is 4.42 Å². The van der Waals surface area contributed by atoms with Crippen molar-refractivity contribution in [3.8, 4) is 6.07 Å². The molecule has 0 aliphatic carbocycles. The van der Waals surface area contributed by atoms with Crippen LogP contribution in [-0.2, 0) is 20.4 Å². The number of amides is 1. The molecule has 2 heterocycles. The molecule has 0 fully saturated rings. The van der Waals surface area contributed by atoms with Gasteiger partial charge in [-0.2, -0.15) is 5.26 Å². The first kappa shape index (κ1) is 23.0.